The maximum atomic E-state index is 11.1. The molecule has 0 bridgehead atoms. The van der Waals surface area contributed by atoms with Gasteiger partial charge >= 0.3 is 5.97 Å². The molecule has 2 saturated carbocycles. The number of allylic oxidation sites excluding steroid dienone is 2. The quantitative estimate of drug-likeness (QED) is 0.589. The Bertz CT molecular complexity index is 517. The molecule has 0 amide bonds. The fourth-order valence-electron chi connectivity index (χ4n) is 5.20. The number of hydrogen-bond acceptors (Lipinski definition) is 2. The molecular weight excluding hydrogens is 288 g/mol. The molecule has 3 nitrogen and oxygen atoms in total. The molecule has 5 atom stereocenters. The van der Waals surface area contributed by atoms with E-state index in [1.807, 2.05) is 13.8 Å². The van der Waals surface area contributed by atoms with Gasteiger partial charge in [-0.3, -0.25) is 0 Å². The Morgan fingerprint density at radius 3 is 2.65 bits per heavy atom. The Balaban J connectivity index is 2.21. The van der Waals surface area contributed by atoms with Gasteiger partial charge in [-0.1, -0.05) is 31.6 Å². The van der Waals surface area contributed by atoms with Crippen LogP contribution >= 0.6 is 0 Å². The molecule has 0 radical (unpaired) electrons. The molecule has 0 aliphatic heterocycles. The topological polar surface area (TPSA) is 57.5 Å². The molecule has 2 rings (SSSR count). The van der Waals surface area contributed by atoms with Gasteiger partial charge in [0.05, 0.1) is 5.60 Å². The van der Waals surface area contributed by atoms with Crippen LogP contribution in [0.3, 0.4) is 0 Å². The molecule has 3 heteroatoms. The average Bonchev–Trinajstić information content (AvgIpc) is 2.42. The van der Waals surface area contributed by atoms with E-state index < -0.39 is 11.6 Å². The van der Waals surface area contributed by atoms with Crippen LogP contribution in [0.2, 0.25) is 0 Å². The van der Waals surface area contributed by atoms with Gasteiger partial charge in [-0.2, -0.15) is 0 Å². The fraction of sp³-hybridized carbons (Fsp3) is 0.750. The largest absolute Gasteiger partial charge is 0.478 e. The SMILES string of the molecule is C=C1CC[C@H]2[C@](C)(O)[C@H](C)CC[C@]2(C)[C@H]1CCC(C)=CC(=O)O. The molecule has 2 aliphatic carbocycles. The Kier molecular flexibility index (Phi) is 5.10. The van der Waals surface area contributed by atoms with Crippen LogP contribution in [0.25, 0.3) is 0 Å². The molecule has 0 spiro atoms. The Labute approximate surface area is 140 Å². The van der Waals surface area contributed by atoms with Crippen molar-refractivity contribution in [1.82, 2.24) is 0 Å². The summed E-state index contributed by atoms with van der Waals surface area (Å²) in [5, 5.41) is 20.0. The standard InChI is InChI=1S/C20H32O3/c1-13(12-18(21)22)6-8-16-14(2)7-9-17-19(16,4)11-10-15(3)20(17,5)23/h12,15-17,23H,2,6-11H2,1,3-5H3,(H,21,22)/t15-,16+,17-,19-,20-/m1/s1. The smallest absolute Gasteiger partial charge is 0.328 e. The number of aliphatic carboxylic acids is 1. The van der Waals surface area contributed by atoms with E-state index in [1.165, 1.54) is 11.6 Å². The van der Waals surface area contributed by atoms with Crippen molar-refractivity contribution in [3.05, 3.63) is 23.8 Å². The van der Waals surface area contributed by atoms with Crippen molar-refractivity contribution in [1.29, 1.82) is 0 Å². The summed E-state index contributed by atoms with van der Waals surface area (Å²) >= 11 is 0. The zero-order chi connectivity index (χ0) is 17.4. The summed E-state index contributed by atoms with van der Waals surface area (Å²) in [6.45, 7) is 12.7. The number of hydrogen-bond donors (Lipinski definition) is 2. The van der Waals surface area contributed by atoms with Crippen LogP contribution in [0.5, 0.6) is 0 Å². The first-order valence-corrected chi connectivity index (χ1v) is 8.89. The molecule has 0 aromatic rings. The predicted octanol–water partition coefficient (Wildman–Crippen LogP) is 4.57. The van der Waals surface area contributed by atoms with Gasteiger partial charge < -0.3 is 10.2 Å². The first kappa shape index (κ1) is 18.3. The van der Waals surface area contributed by atoms with Crippen LogP contribution in [0, 0.1) is 23.2 Å². The van der Waals surface area contributed by atoms with Crippen molar-refractivity contribution in [3.8, 4) is 0 Å². The number of aliphatic hydroxyl groups is 1. The molecule has 0 saturated heterocycles. The van der Waals surface area contributed by atoms with Crippen molar-refractivity contribution in [2.75, 3.05) is 0 Å². The summed E-state index contributed by atoms with van der Waals surface area (Å²) in [6, 6.07) is 0. The highest BCUT2D eigenvalue weighted by Crippen LogP contribution is 2.60. The van der Waals surface area contributed by atoms with Crippen molar-refractivity contribution < 1.29 is 15.0 Å². The van der Waals surface area contributed by atoms with E-state index in [2.05, 4.69) is 20.4 Å². The average molecular weight is 320 g/mol. The summed E-state index contributed by atoms with van der Waals surface area (Å²) < 4.78 is 0. The fourth-order valence-corrected chi connectivity index (χ4v) is 5.20. The molecule has 0 aromatic heterocycles. The van der Waals surface area contributed by atoms with Gasteiger partial charge in [0.2, 0.25) is 0 Å². The lowest BCUT2D eigenvalue weighted by Crippen LogP contribution is -2.57. The van der Waals surface area contributed by atoms with E-state index in [9.17, 15) is 9.90 Å². The normalized spacial score (nSPS) is 41.5. The third-order valence-electron chi connectivity index (χ3n) is 6.86. The van der Waals surface area contributed by atoms with E-state index in [1.54, 1.807) is 0 Å². The number of carboxylic acids is 1. The number of carboxylic acid groups (broad SMARTS) is 1. The lowest BCUT2D eigenvalue weighted by Gasteiger charge is -2.59. The minimum atomic E-state index is -0.872. The van der Waals surface area contributed by atoms with E-state index >= 15 is 0 Å². The zero-order valence-electron chi connectivity index (χ0n) is 15.1. The van der Waals surface area contributed by atoms with Crippen LogP contribution in [0.4, 0.5) is 0 Å². The first-order chi connectivity index (χ1) is 10.6. The molecular formula is C20H32O3. The van der Waals surface area contributed by atoms with E-state index in [-0.39, 0.29) is 5.41 Å². The van der Waals surface area contributed by atoms with Crippen LogP contribution in [0.1, 0.15) is 66.2 Å². The highest BCUT2D eigenvalue weighted by Gasteiger charge is 2.56. The van der Waals surface area contributed by atoms with Gasteiger partial charge in [0.1, 0.15) is 0 Å². The Morgan fingerprint density at radius 1 is 1.39 bits per heavy atom. The number of rotatable bonds is 4. The van der Waals surface area contributed by atoms with Gasteiger partial charge in [0.15, 0.2) is 0 Å². The Morgan fingerprint density at radius 2 is 2.04 bits per heavy atom. The molecule has 0 unspecified atom stereocenters. The maximum Gasteiger partial charge on any atom is 0.328 e. The highest BCUT2D eigenvalue weighted by atomic mass is 16.4. The third-order valence-corrected chi connectivity index (χ3v) is 6.86. The van der Waals surface area contributed by atoms with Crippen molar-refractivity contribution in [3.63, 3.8) is 0 Å². The number of fused-ring (bicyclic) bond motifs is 1. The lowest BCUT2D eigenvalue weighted by atomic mass is 9.48. The summed E-state index contributed by atoms with van der Waals surface area (Å²) in [5.41, 5.74) is 1.66. The minimum absolute atomic E-state index is 0.0782. The summed E-state index contributed by atoms with van der Waals surface area (Å²) in [7, 11) is 0. The van der Waals surface area contributed by atoms with Gasteiger partial charge in [-0.25, -0.2) is 4.79 Å². The second-order valence-electron chi connectivity index (χ2n) is 8.34. The van der Waals surface area contributed by atoms with Gasteiger partial charge in [0, 0.05) is 6.08 Å². The third kappa shape index (κ3) is 3.40. The predicted molar refractivity (Wildman–Crippen MR) is 93.1 cm³/mol. The molecule has 2 N–H and O–H groups in total. The second-order valence-corrected chi connectivity index (χ2v) is 8.34. The second kappa shape index (κ2) is 6.43. The van der Waals surface area contributed by atoms with Gasteiger partial charge in [-0.15, -0.1) is 0 Å². The summed E-state index contributed by atoms with van der Waals surface area (Å²) in [4.78, 5) is 10.8. The molecule has 0 aromatic carbocycles. The van der Waals surface area contributed by atoms with Crippen LogP contribution in [-0.4, -0.2) is 21.8 Å². The molecule has 2 fully saturated rings. The summed E-state index contributed by atoms with van der Waals surface area (Å²) in [5.74, 6) is 0.139. The van der Waals surface area contributed by atoms with E-state index in [4.69, 9.17) is 5.11 Å². The Hall–Kier alpha value is -1.09. The molecule has 23 heavy (non-hydrogen) atoms. The maximum absolute atomic E-state index is 11.1. The number of carbonyl (C=O) groups is 1. The van der Waals surface area contributed by atoms with Crippen molar-refractivity contribution >= 4 is 5.97 Å². The van der Waals surface area contributed by atoms with Gasteiger partial charge in [-0.05, 0) is 75.5 Å². The van der Waals surface area contributed by atoms with E-state index in [0.29, 0.717) is 17.8 Å². The highest BCUT2D eigenvalue weighted by molar-refractivity contribution is 5.80. The molecule has 130 valence electrons. The monoisotopic (exact) mass is 320 g/mol. The zero-order valence-corrected chi connectivity index (χ0v) is 15.1. The summed E-state index contributed by atoms with van der Waals surface area (Å²) in [6.07, 6.45) is 7.21. The van der Waals surface area contributed by atoms with E-state index in [0.717, 1.165) is 44.1 Å². The van der Waals surface area contributed by atoms with Crippen LogP contribution < -0.4 is 0 Å². The van der Waals surface area contributed by atoms with Crippen LogP contribution in [-0.2, 0) is 4.79 Å². The first-order valence-electron chi connectivity index (χ1n) is 8.89. The molecule has 2 aliphatic rings. The van der Waals surface area contributed by atoms with Gasteiger partial charge in [0.25, 0.3) is 0 Å². The minimum Gasteiger partial charge on any atom is -0.478 e. The molecule has 0 heterocycles. The lowest BCUT2D eigenvalue weighted by molar-refractivity contribution is -0.155. The van der Waals surface area contributed by atoms with Crippen LogP contribution in [0.15, 0.2) is 23.8 Å². The van der Waals surface area contributed by atoms with Crippen molar-refractivity contribution in [2.45, 2.75) is 71.8 Å². The van der Waals surface area contributed by atoms with Crippen molar-refractivity contribution in [2.24, 2.45) is 23.2 Å².